The zero-order chi connectivity index (χ0) is 9.14. The summed E-state index contributed by atoms with van der Waals surface area (Å²) < 4.78 is 2.23. The molecule has 1 saturated heterocycles. The van der Waals surface area contributed by atoms with Crippen LogP contribution in [0.25, 0.3) is 0 Å². The number of halogens is 1. The Balaban J connectivity index is 2.50. The van der Waals surface area contributed by atoms with Gasteiger partial charge in [-0.3, -0.25) is 4.79 Å². The van der Waals surface area contributed by atoms with Gasteiger partial charge >= 0.3 is 0 Å². The minimum atomic E-state index is 0.0475. The normalized spacial score (nSPS) is 25.5. The van der Waals surface area contributed by atoms with E-state index in [1.807, 2.05) is 4.90 Å². The van der Waals surface area contributed by atoms with Crippen LogP contribution in [0.4, 0.5) is 0 Å². The van der Waals surface area contributed by atoms with E-state index in [2.05, 4.69) is 39.5 Å². The molecule has 0 aromatic heterocycles. The van der Waals surface area contributed by atoms with E-state index in [0.29, 0.717) is 6.04 Å². The van der Waals surface area contributed by atoms with Gasteiger partial charge in [-0.25, -0.2) is 3.11 Å². The molecule has 0 saturated carbocycles. The first kappa shape index (κ1) is 9.98. The molecule has 0 unspecified atom stereocenters. The molecular weight excluding hydrogens is 267 g/mol. The van der Waals surface area contributed by atoms with E-state index in [1.165, 1.54) is 6.08 Å². The molecule has 1 aliphatic heterocycles. The summed E-state index contributed by atoms with van der Waals surface area (Å²) in [5.41, 5.74) is 0. The number of hydrogen-bond donors (Lipinski definition) is 0. The summed E-state index contributed by atoms with van der Waals surface area (Å²) in [6.07, 6.45) is 1.38. The largest absolute Gasteiger partial charge is 0.336 e. The first-order valence-corrected chi connectivity index (χ1v) is 4.95. The van der Waals surface area contributed by atoms with E-state index in [-0.39, 0.29) is 5.91 Å². The van der Waals surface area contributed by atoms with Gasteiger partial charge in [0.25, 0.3) is 0 Å². The monoisotopic (exact) mass is 280 g/mol. The standard InChI is InChI=1S/C8H13IN2O/c1-3-8(12)10-4-5-11(9)7(2)6-10/h3,7H,1,4-6H2,2H3/t7-/m0/s1. The van der Waals surface area contributed by atoms with E-state index in [9.17, 15) is 4.79 Å². The van der Waals surface area contributed by atoms with Crippen LogP contribution in [-0.2, 0) is 4.79 Å². The van der Waals surface area contributed by atoms with Crippen LogP contribution >= 0.6 is 22.9 Å². The number of carbonyl (C=O) groups excluding carboxylic acids is 1. The summed E-state index contributed by atoms with van der Waals surface area (Å²) in [6.45, 7) is 8.17. The number of nitrogens with zero attached hydrogens (tertiary/aromatic N) is 2. The summed E-state index contributed by atoms with van der Waals surface area (Å²) in [5.74, 6) is 0.0475. The van der Waals surface area contributed by atoms with Crippen molar-refractivity contribution in [3.8, 4) is 0 Å². The Morgan fingerprint density at radius 3 is 2.83 bits per heavy atom. The highest BCUT2D eigenvalue weighted by atomic mass is 127. The van der Waals surface area contributed by atoms with Crippen LogP contribution in [-0.4, -0.2) is 39.6 Å². The Bertz CT molecular complexity index is 195. The van der Waals surface area contributed by atoms with Crippen molar-refractivity contribution in [2.45, 2.75) is 13.0 Å². The van der Waals surface area contributed by atoms with Crippen molar-refractivity contribution in [1.82, 2.24) is 8.01 Å². The van der Waals surface area contributed by atoms with Gasteiger partial charge in [0.1, 0.15) is 0 Å². The quantitative estimate of drug-likeness (QED) is 0.407. The first-order chi connectivity index (χ1) is 5.65. The summed E-state index contributed by atoms with van der Waals surface area (Å²) in [7, 11) is 0. The van der Waals surface area contributed by atoms with Crippen LogP contribution in [0.2, 0.25) is 0 Å². The lowest BCUT2D eigenvalue weighted by atomic mass is 10.2. The fourth-order valence-electron chi connectivity index (χ4n) is 1.26. The van der Waals surface area contributed by atoms with Crippen molar-refractivity contribution >= 4 is 28.8 Å². The molecule has 12 heavy (non-hydrogen) atoms. The molecule has 0 spiro atoms. The molecule has 0 bridgehead atoms. The number of carbonyl (C=O) groups is 1. The average molecular weight is 280 g/mol. The molecule has 0 aromatic carbocycles. The number of hydrogen-bond acceptors (Lipinski definition) is 2. The molecule has 1 amide bonds. The maximum atomic E-state index is 11.2. The van der Waals surface area contributed by atoms with Gasteiger partial charge < -0.3 is 4.90 Å². The molecule has 0 N–H and O–H groups in total. The van der Waals surface area contributed by atoms with Crippen LogP contribution in [0.3, 0.4) is 0 Å². The van der Waals surface area contributed by atoms with E-state index < -0.39 is 0 Å². The van der Waals surface area contributed by atoms with Crippen LogP contribution in [0.15, 0.2) is 12.7 Å². The molecule has 1 heterocycles. The van der Waals surface area contributed by atoms with Crippen molar-refractivity contribution < 1.29 is 4.79 Å². The summed E-state index contributed by atoms with van der Waals surface area (Å²) in [5, 5.41) is 0. The van der Waals surface area contributed by atoms with Gasteiger partial charge in [0.2, 0.25) is 5.91 Å². The molecule has 3 nitrogen and oxygen atoms in total. The topological polar surface area (TPSA) is 23.6 Å². The lowest BCUT2D eigenvalue weighted by Gasteiger charge is -2.35. The second kappa shape index (κ2) is 4.23. The third-order valence-electron chi connectivity index (χ3n) is 2.03. The van der Waals surface area contributed by atoms with E-state index in [0.717, 1.165) is 19.6 Å². The summed E-state index contributed by atoms with van der Waals surface area (Å²) >= 11 is 2.30. The van der Waals surface area contributed by atoms with Gasteiger partial charge in [-0.1, -0.05) is 6.58 Å². The van der Waals surface area contributed by atoms with Crippen LogP contribution in [0, 0.1) is 0 Å². The predicted octanol–water partition coefficient (Wildman–Crippen LogP) is 1.06. The molecule has 1 rings (SSSR count). The van der Waals surface area contributed by atoms with Gasteiger partial charge in [-0.15, -0.1) is 0 Å². The Hall–Kier alpha value is -0.100. The predicted molar refractivity (Wildman–Crippen MR) is 57.0 cm³/mol. The van der Waals surface area contributed by atoms with Crippen molar-refractivity contribution in [2.75, 3.05) is 19.6 Å². The number of amides is 1. The maximum Gasteiger partial charge on any atom is 0.246 e. The summed E-state index contributed by atoms with van der Waals surface area (Å²) in [6, 6.07) is 0.447. The molecule has 1 atom stereocenters. The minimum Gasteiger partial charge on any atom is -0.336 e. The molecule has 1 fully saturated rings. The Morgan fingerprint density at radius 2 is 2.33 bits per heavy atom. The van der Waals surface area contributed by atoms with Crippen molar-refractivity contribution in [1.29, 1.82) is 0 Å². The van der Waals surface area contributed by atoms with Crippen molar-refractivity contribution in [3.63, 3.8) is 0 Å². The van der Waals surface area contributed by atoms with Crippen molar-refractivity contribution in [2.24, 2.45) is 0 Å². The maximum absolute atomic E-state index is 11.2. The highest BCUT2D eigenvalue weighted by molar-refractivity contribution is 14.1. The second-order valence-electron chi connectivity index (χ2n) is 2.96. The van der Waals surface area contributed by atoms with E-state index in [1.54, 1.807) is 0 Å². The second-order valence-corrected chi connectivity index (χ2v) is 4.20. The van der Waals surface area contributed by atoms with Crippen LogP contribution in [0.1, 0.15) is 6.92 Å². The van der Waals surface area contributed by atoms with E-state index in [4.69, 9.17) is 0 Å². The Kier molecular flexibility index (Phi) is 3.52. The average Bonchev–Trinajstić information content (AvgIpc) is 2.08. The minimum absolute atomic E-state index is 0.0475. The fraction of sp³-hybridized carbons (Fsp3) is 0.625. The SMILES string of the molecule is C=CC(=O)N1CCN(I)[C@@H](C)C1. The molecule has 0 aliphatic carbocycles. The third kappa shape index (κ3) is 2.20. The summed E-state index contributed by atoms with van der Waals surface area (Å²) in [4.78, 5) is 13.0. The van der Waals surface area contributed by atoms with Gasteiger partial charge in [0.15, 0.2) is 0 Å². The van der Waals surface area contributed by atoms with Gasteiger partial charge in [-0.2, -0.15) is 0 Å². The van der Waals surface area contributed by atoms with Gasteiger partial charge in [-0.05, 0) is 13.0 Å². The molecule has 4 heteroatoms. The lowest BCUT2D eigenvalue weighted by molar-refractivity contribution is -0.127. The van der Waals surface area contributed by atoms with E-state index >= 15 is 0 Å². The first-order valence-electron chi connectivity index (χ1n) is 3.99. The Labute approximate surface area is 86.9 Å². The smallest absolute Gasteiger partial charge is 0.246 e. The fourth-order valence-corrected chi connectivity index (χ4v) is 1.66. The zero-order valence-electron chi connectivity index (χ0n) is 7.16. The molecular formula is C8H13IN2O. The van der Waals surface area contributed by atoms with Gasteiger partial charge in [0, 0.05) is 48.5 Å². The highest BCUT2D eigenvalue weighted by Crippen LogP contribution is 2.13. The molecule has 68 valence electrons. The number of rotatable bonds is 1. The molecule has 1 aliphatic rings. The zero-order valence-corrected chi connectivity index (χ0v) is 9.32. The highest BCUT2D eigenvalue weighted by Gasteiger charge is 2.23. The number of piperazine rings is 1. The van der Waals surface area contributed by atoms with Crippen molar-refractivity contribution in [3.05, 3.63) is 12.7 Å². The third-order valence-corrected chi connectivity index (χ3v) is 3.47. The molecule has 0 radical (unpaired) electrons. The van der Waals surface area contributed by atoms with Crippen LogP contribution in [0.5, 0.6) is 0 Å². The Morgan fingerprint density at radius 1 is 1.67 bits per heavy atom. The molecule has 0 aromatic rings. The van der Waals surface area contributed by atoms with Crippen LogP contribution < -0.4 is 0 Å². The van der Waals surface area contributed by atoms with Gasteiger partial charge in [0.05, 0.1) is 0 Å². The lowest BCUT2D eigenvalue weighted by Crippen LogP contribution is -2.49.